The van der Waals surface area contributed by atoms with Gasteiger partial charge in [-0.25, -0.2) is 4.99 Å². The van der Waals surface area contributed by atoms with Crippen LogP contribution < -0.4 is 5.32 Å². The van der Waals surface area contributed by atoms with Crippen LogP contribution >= 0.6 is 0 Å². The second-order valence-electron chi connectivity index (χ2n) is 14.5. The maximum Gasteiger partial charge on any atom is 0.129 e. The molecule has 3 aromatic carbocycles. The lowest BCUT2D eigenvalue weighted by molar-refractivity contribution is 0.247. The molecule has 0 spiro atoms. The Hall–Kier alpha value is -5.23. The zero-order chi connectivity index (χ0) is 33.9. The van der Waals surface area contributed by atoms with Gasteiger partial charge in [-0.05, 0) is 81.0 Å². The maximum atomic E-state index is 9.73. The van der Waals surface area contributed by atoms with E-state index >= 15 is 0 Å². The van der Waals surface area contributed by atoms with Crippen molar-refractivity contribution in [2.75, 3.05) is 7.05 Å². The number of aliphatic imine (C=N–C) groups is 1. The molecule has 1 N–H and O–H groups in total. The minimum absolute atomic E-state index is 0.0465. The van der Waals surface area contributed by atoms with Gasteiger partial charge in [-0.15, -0.1) is 0 Å². The van der Waals surface area contributed by atoms with E-state index in [0.717, 1.165) is 41.8 Å². The molecule has 0 bridgehead atoms. The largest absolute Gasteiger partial charge is 0.343 e. The third-order valence-corrected chi connectivity index (χ3v) is 11.4. The highest BCUT2D eigenvalue weighted by atomic mass is 15.4. The summed E-state index contributed by atoms with van der Waals surface area (Å²) >= 11 is 0. The standard InChI is InChI=1S/C44H41N5/c1-27-34(25-45)22-33(23-35(27)26-46)28-14-16-30(17-15-28)41-47-42(31-11-6-5-7-12-31)49(4)43(48-41)32-18-20-37-39(24-32)44(2,3)38-21-19-29-10-8-9-13-36(29)40(37)38/h5-8,10-12,14-17,19-24,27,32,34,41-42,47H,9,13,18H2,1-4H3. The first kappa shape index (κ1) is 31.1. The SMILES string of the molecule is CC1C(C#N)=CC(c2ccc(C3N=C(C4C=C5C(=CC4)c4c(ccc6c4CCC=C6)C5(C)C)N(C)C(c4ccccc4)N3)cc2)=CC1C#N. The van der Waals surface area contributed by atoms with Gasteiger partial charge in [0.1, 0.15) is 18.2 Å². The molecular formula is C44H41N5. The Labute approximate surface area is 290 Å². The molecule has 5 aliphatic rings. The van der Waals surface area contributed by atoms with Crippen LogP contribution in [0.3, 0.4) is 0 Å². The van der Waals surface area contributed by atoms with E-state index in [1.807, 2.05) is 19.1 Å². The summed E-state index contributed by atoms with van der Waals surface area (Å²) in [5.74, 6) is 0.817. The van der Waals surface area contributed by atoms with Crippen LogP contribution in [0.2, 0.25) is 0 Å². The van der Waals surface area contributed by atoms with Crippen molar-refractivity contribution >= 4 is 23.1 Å². The minimum Gasteiger partial charge on any atom is -0.343 e. The number of nitrogens with one attached hydrogen (secondary N) is 1. The van der Waals surface area contributed by atoms with Gasteiger partial charge in [0.25, 0.3) is 0 Å². The molecule has 242 valence electrons. The Kier molecular flexibility index (Phi) is 7.62. The Balaban J connectivity index is 1.16. The summed E-state index contributed by atoms with van der Waals surface area (Å²) in [7, 11) is 2.17. The number of rotatable bonds is 4. The van der Waals surface area contributed by atoms with Crippen molar-refractivity contribution in [3.8, 4) is 12.1 Å². The van der Waals surface area contributed by atoms with Crippen LogP contribution in [0.1, 0.15) is 84.9 Å². The van der Waals surface area contributed by atoms with E-state index in [0.29, 0.717) is 5.57 Å². The van der Waals surface area contributed by atoms with Crippen molar-refractivity contribution in [1.29, 1.82) is 10.5 Å². The van der Waals surface area contributed by atoms with Crippen molar-refractivity contribution in [1.82, 2.24) is 10.2 Å². The topological polar surface area (TPSA) is 75.2 Å². The zero-order valence-electron chi connectivity index (χ0n) is 28.6. The molecular weight excluding hydrogens is 599 g/mol. The van der Waals surface area contributed by atoms with E-state index < -0.39 is 0 Å². The van der Waals surface area contributed by atoms with Crippen molar-refractivity contribution < 1.29 is 0 Å². The van der Waals surface area contributed by atoms with E-state index in [4.69, 9.17) is 4.99 Å². The quantitative estimate of drug-likeness (QED) is 0.309. The van der Waals surface area contributed by atoms with Crippen LogP contribution in [0.5, 0.6) is 0 Å². The molecule has 5 heteroatoms. The van der Waals surface area contributed by atoms with E-state index in [-0.39, 0.29) is 35.5 Å². The molecule has 0 aromatic heterocycles. The highest BCUT2D eigenvalue weighted by Gasteiger charge is 2.43. The van der Waals surface area contributed by atoms with Crippen molar-refractivity contribution in [2.24, 2.45) is 22.7 Å². The highest BCUT2D eigenvalue weighted by molar-refractivity contribution is 5.96. The van der Waals surface area contributed by atoms with Crippen molar-refractivity contribution in [3.63, 3.8) is 0 Å². The Morgan fingerprint density at radius 3 is 2.51 bits per heavy atom. The average molecular weight is 640 g/mol. The van der Waals surface area contributed by atoms with E-state index in [2.05, 4.69) is 134 Å². The summed E-state index contributed by atoms with van der Waals surface area (Å²) in [6.45, 7) is 6.71. The smallest absolute Gasteiger partial charge is 0.129 e. The molecule has 8 rings (SSSR count). The van der Waals surface area contributed by atoms with Crippen molar-refractivity contribution in [3.05, 3.63) is 147 Å². The van der Waals surface area contributed by atoms with Crippen LogP contribution in [0.4, 0.5) is 0 Å². The van der Waals surface area contributed by atoms with Gasteiger partial charge in [-0.2, -0.15) is 10.5 Å². The number of benzene rings is 3. The third kappa shape index (κ3) is 5.13. The third-order valence-electron chi connectivity index (χ3n) is 11.4. The van der Waals surface area contributed by atoms with Crippen LogP contribution in [-0.2, 0) is 11.8 Å². The maximum absolute atomic E-state index is 9.73. The first-order valence-corrected chi connectivity index (χ1v) is 17.5. The number of nitriles is 2. The molecule has 0 saturated carbocycles. The van der Waals surface area contributed by atoms with Gasteiger partial charge in [0.2, 0.25) is 0 Å². The number of fused-ring (bicyclic) bond motifs is 5. The average Bonchev–Trinajstić information content (AvgIpc) is 3.38. The van der Waals surface area contributed by atoms with Crippen molar-refractivity contribution in [2.45, 2.75) is 57.8 Å². The predicted octanol–water partition coefficient (Wildman–Crippen LogP) is 9.22. The van der Waals surface area contributed by atoms with Gasteiger partial charge >= 0.3 is 0 Å². The summed E-state index contributed by atoms with van der Waals surface area (Å²) < 4.78 is 0. The summed E-state index contributed by atoms with van der Waals surface area (Å²) in [6.07, 6.45) is 16.3. The van der Waals surface area contributed by atoms with Gasteiger partial charge in [0, 0.05) is 29.9 Å². The zero-order valence-corrected chi connectivity index (χ0v) is 28.6. The molecule has 5 nitrogen and oxygen atoms in total. The summed E-state index contributed by atoms with van der Waals surface area (Å²) in [5.41, 5.74) is 13.4. The molecule has 3 aromatic rings. The molecule has 5 atom stereocenters. The molecule has 1 heterocycles. The van der Waals surface area contributed by atoms with Gasteiger partial charge in [-0.1, -0.05) is 118 Å². The number of hydrogen-bond donors (Lipinski definition) is 1. The molecule has 5 unspecified atom stereocenters. The predicted molar refractivity (Wildman–Crippen MR) is 198 cm³/mol. The lowest BCUT2D eigenvalue weighted by atomic mass is 9.78. The second kappa shape index (κ2) is 12.0. The fraction of sp³-hybridized carbons (Fsp3) is 0.295. The van der Waals surface area contributed by atoms with E-state index in [1.54, 1.807) is 0 Å². The summed E-state index contributed by atoms with van der Waals surface area (Å²) in [6, 6.07) is 28.4. The Morgan fingerprint density at radius 1 is 0.959 bits per heavy atom. The van der Waals surface area contributed by atoms with Gasteiger partial charge in [0.15, 0.2) is 0 Å². The Morgan fingerprint density at radius 2 is 1.76 bits per heavy atom. The second-order valence-corrected chi connectivity index (χ2v) is 14.5. The number of hydrogen-bond acceptors (Lipinski definition) is 5. The minimum atomic E-state index is -0.317. The highest BCUT2D eigenvalue weighted by Crippen LogP contribution is 2.54. The molecule has 4 aliphatic carbocycles. The Bertz CT molecular complexity index is 2110. The van der Waals surface area contributed by atoms with E-state index in [9.17, 15) is 10.5 Å². The van der Waals surface area contributed by atoms with Crippen LogP contribution in [0, 0.1) is 40.4 Å². The summed E-state index contributed by atoms with van der Waals surface area (Å²) in [4.78, 5) is 7.78. The van der Waals surface area contributed by atoms with Gasteiger partial charge in [0.05, 0.1) is 18.1 Å². The monoisotopic (exact) mass is 639 g/mol. The van der Waals surface area contributed by atoms with Gasteiger partial charge < -0.3 is 4.90 Å². The molecule has 49 heavy (non-hydrogen) atoms. The lowest BCUT2D eigenvalue weighted by Crippen LogP contribution is -2.48. The normalized spacial score (nSPS) is 26.4. The van der Waals surface area contributed by atoms with Crippen LogP contribution in [0.25, 0.3) is 17.2 Å². The number of nitrogens with zero attached hydrogens (tertiary/aromatic N) is 4. The first-order valence-electron chi connectivity index (χ1n) is 17.5. The number of amidine groups is 1. The van der Waals surface area contributed by atoms with Crippen LogP contribution in [-0.4, -0.2) is 17.8 Å². The first-order chi connectivity index (χ1) is 23.8. The van der Waals surface area contributed by atoms with Gasteiger partial charge in [-0.3, -0.25) is 5.32 Å². The molecule has 0 saturated heterocycles. The summed E-state index contributed by atoms with van der Waals surface area (Å²) in [5, 5.41) is 23.3. The molecule has 0 fully saturated rings. The fourth-order valence-electron chi connectivity index (χ4n) is 8.51. The molecule has 1 aliphatic heterocycles. The fourth-order valence-corrected chi connectivity index (χ4v) is 8.51. The van der Waals surface area contributed by atoms with E-state index in [1.165, 1.54) is 39.0 Å². The van der Waals surface area contributed by atoms with Crippen LogP contribution in [0.15, 0.2) is 113 Å². The number of allylic oxidation sites excluding steroid dienone is 8. The lowest BCUT2D eigenvalue weighted by Gasteiger charge is -2.41. The molecule has 0 amide bonds. The molecule has 0 radical (unpaired) electrons.